The van der Waals surface area contributed by atoms with E-state index in [1.807, 2.05) is 24.9 Å². The number of β-amino-alcohol motifs (C(OH)–C–C–N with tert-alkyl or cyclic N) is 1. The number of hydrogen-bond donors (Lipinski definition) is 1. The lowest BCUT2D eigenvalue weighted by molar-refractivity contribution is 0.0688. The Morgan fingerprint density at radius 2 is 2.19 bits per heavy atom. The van der Waals surface area contributed by atoms with Gasteiger partial charge in [-0.05, 0) is 39.4 Å². The van der Waals surface area contributed by atoms with E-state index in [1.165, 1.54) is 0 Å². The Balaban J connectivity index is 1.83. The highest BCUT2D eigenvalue weighted by molar-refractivity contribution is 6.31. The van der Waals surface area contributed by atoms with Crippen molar-refractivity contribution >= 4 is 17.5 Å². The van der Waals surface area contributed by atoms with Gasteiger partial charge in [-0.15, -0.1) is 0 Å². The summed E-state index contributed by atoms with van der Waals surface area (Å²) in [5.74, 6) is -0.0165. The number of hydrogen-bond acceptors (Lipinski definition) is 3. The molecule has 1 amide bonds. The van der Waals surface area contributed by atoms with Gasteiger partial charge in [-0.1, -0.05) is 11.6 Å². The Kier molecular flexibility index (Phi) is 3.99. The molecule has 2 heterocycles. The molecule has 2 aliphatic rings. The van der Waals surface area contributed by atoms with Crippen molar-refractivity contribution in [3.8, 4) is 0 Å². The van der Waals surface area contributed by atoms with Crippen LogP contribution in [0.25, 0.3) is 0 Å². The molecule has 3 rings (SSSR count). The average Bonchev–Trinajstić information content (AvgIpc) is 3.08. The van der Waals surface area contributed by atoms with Crippen LogP contribution in [0, 0.1) is 0 Å². The summed E-state index contributed by atoms with van der Waals surface area (Å²) in [5, 5.41) is 10.5. The SMILES string of the molecule is CN(C)CC1CC(O)CN1C(=O)c1cc(Cl)cn1C1CC1. The summed E-state index contributed by atoms with van der Waals surface area (Å²) in [7, 11) is 3.97. The van der Waals surface area contributed by atoms with Gasteiger partial charge in [0.15, 0.2) is 0 Å². The number of likely N-dealkylation sites (tertiary alicyclic amines) is 1. The fourth-order valence-corrected chi connectivity index (χ4v) is 3.36. The molecule has 1 aliphatic heterocycles. The third kappa shape index (κ3) is 3.10. The first kappa shape index (κ1) is 14.9. The molecule has 116 valence electrons. The Morgan fingerprint density at radius 1 is 1.48 bits per heavy atom. The average molecular weight is 312 g/mol. The number of aliphatic hydroxyl groups is 1. The van der Waals surface area contributed by atoms with Crippen LogP contribution >= 0.6 is 11.6 Å². The molecule has 21 heavy (non-hydrogen) atoms. The van der Waals surface area contributed by atoms with Crippen molar-refractivity contribution in [3.05, 3.63) is 23.0 Å². The van der Waals surface area contributed by atoms with Crippen LogP contribution in [0.15, 0.2) is 12.3 Å². The lowest BCUT2D eigenvalue weighted by Gasteiger charge is -2.27. The summed E-state index contributed by atoms with van der Waals surface area (Å²) in [5.41, 5.74) is 0.653. The maximum atomic E-state index is 12.9. The minimum Gasteiger partial charge on any atom is -0.391 e. The van der Waals surface area contributed by atoms with Gasteiger partial charge >= 0.3 is 0 Å². The molecule has 0 spiro atoms. The van der Waals surface area contributed by atoms with Gasteiger partial charge in [-0.3, -0.25) is 4.79 Å². The van der Waals surface area contributed by atoms with Crippen molar-refractivity contribution in [2.24, 2.45) is 0 Å². The van der Waals surface area contributed by atoms with E-state index in [0.717, 1.165) is 19.4 Å². The molecule has 1 saturated heterocycles. The second-order valence-electron chi connectivity index (χ2n) is 6.45. The van der Waals surface area contributed by atoms with E-state index >= 15 is 0 Å². The molecule has 1 saturated carbocycles. The molecule has 1 aromatic heterocycles. The van der Waals surface area contributed by atoms with E-state index in [4.69, 9.17) is 11.6 Å². The van der Waals surface area contributed by atoms with Gasteiger partial charge in [0.25, 0.3) is 5.91 Å². The first-order chi connectivity index (χ1) is 9.95. The first-order valence-electron chi connectivity index (χ1n) is 7.47. The van der Waals surface area contributed by atoms with Crippen molar-refractivity contribution < 1.29 is 9.90 Å². The standard InChI is InChI=1S/C15H22ClN3O2/c1-17(2)8-12-6-13(20)9-19(12)15(21)14-5-10(16)7-18(14)11-3-4-11/h5,7,11-13,20H,3-4,6,8-9H2,1-2H3. The van der Waals surface area contributed by atoms with Gasteiger partial charge in [0.1, 0.15) is 5.69 Å². The van der Waals surface area contributed by atoms with E-state index in [-0.39, 0.29) is 11.9 Å². The summed E-state index contributed by atoms with van der Waals surface area (Å²) in [6.45, 7) is 1.17. The summed E-state index contributed by atoms with van der Waals surface area (Å²) < 4.78 is 2.00. The zero-order valence-corrected chi connectivity index (χ0v) is 13.3. The molecule has 2 atom stereocenters. The molecular formula is C15H22ClN3O2. The summed E-state index contributed by atoms with van der Waals surface area (Å²) in [6.07, 6.45) is 4.27. The zero-order chi connectivity index (χ0) is 15.1. The number of likely N-dealkylation sites (N-methyl/N-ethyl adjacent to an activating group) is 1. The quantitative estimate of drug-likeness (QED) is 0.919. The van der Waals surface area contributed by atoms with Gasteiger partial charge in [-0.25, -0.2) is 0 Å². The molecule has 6 heteroatoms. The highest BCUT2D eigenvalue weighted by atomic mass is 35.5. The molecule has 1 aromatic rings. The maximum Gasteiger partial charge on any atom is 0.270 e. The highest BCUT2D eigenvalue weighted by Gasteiger charge is 2.37. The summed E-state index contributed by atoms with van der Waals surface area (Å²) in [4.78, 5) is 16.7. The number of amides is 1. The van der Waals surface area contributed by atoms with Crippen LogP contribution in [0.4, 0.5) is 0 Å². The van der Waals surface area contributed by atoms with Crippen LogP contribution in [-0.4, -0.2) is 64.7 Å². The van der Waals surface area contributed by atoms with Crippen LogP contribution < -0.4 is 0 Å². The van der Waals surface area contributed by atoms with Gasteiger partial charge in [-0.2, -0.15) is 0 Å². The Labute approximate surface area is 130 Å². The molecule has 0 aromatic carbocycles. The van der Waals surface area contributed by atoms with E-state index in [2.05, 4.69) is 4.90 Å². The van der Waals surface area contributed by atoms with E-state index < -0.39 is 6.10 Å². The maximum absolute atomic E-state index is 12.9. The number of aromatic nitrogens is 1. The minimum absolute atomic E-state index is 0.0165. The minimum atomic E-state index is -0.432. The molecule has 1 N–H and O–H groups in total. The molecule has 0 radical (unpaired) electrons. The van der Waals surface area contributed by atoms with Gasteiger partial charge in [0.2, 0.25) is 0 Å². The summed E-state index contributed by atoms with van der Waals surface area (Å²) in [6, 6.07) is 2.22. The number of aliphatic hydroxyl groups excluding tert-OH is 1. The number of carbonyl (C=O) groups is 1. The van der Waals surface area contributed by atoms with Gasteiger partial charge in [0.05, 0.1) is 11.1 Å². The van der Waals surface area contributed by atoms with E-state index in [9.17, 15) is 9.90 Å². The van der Waals surface area contributed by atoms with Crippen molar-refractivity contribution in [1.82, 2.24) is 14.4 Å². The lowest BCUT2D eigenvalue weighted by Crippen LogP contribution is -2.42. The first-order valence-corrected chi connectivity index (χ1v) is 7.84. The molecule has 1 aliphatic carbocycles. The van der Waals surface area contributed by atoms with E-state index in [0.29, 0.717) is 29.7 Å². The van der Waals surface area contributed by atoms with Gasteiger partial charge in [0, 0.05) is 31.4 Å². The Bertz CT molecular complexity index is 539. The highest BCUT2D eigenvalue weighted by Crippen LogP contribution is 2.38. The smallest absolute Gasteiger partial charge is 0.270 e. The second-order valence-corrected chi connectivity index (χ2v) is 6.88. The van der Waals surface area contributed by atoms with E-state index in [1.54, 1.807) is 11.0 Å². The fourth-order valence-electron chi connectivity index (χ4n) is 3.15. The van der Waals surface area contributed by atoms with Crippen LogP contribution in [0.3, 0.4) is 0 Å². The van der Waals surface area contributed by atoms with Crippen LogP contribution in [0.5, 0.6) is 0 Å². The Hall–Kier alpha value is -1.04. The van der Waals surface area contributed by atoms with Crippen molar-refractivity contribution in [3.63, 3.8) is 0 Å². The number of nitrogens with zero attached hydrogens (tertiary/aromatic N) is 3. The molecular weight excluding hydrogens is 290 g/mol. The monoisotopic (exact) mass is 311 g/mol. The third-order valence-electron chi connectivity index (χ3n) is 4.20. The predicted molar refractivity (Wildman–Crippen MR) is 81.7 cm³/mol. The van der Waals surface area contributed by atoms with Crippen LogP contribution in [0.1, 0.15) is 35.8 Å². The molecule has 2 unspecified atom stereocenters. The number of halogens is 1. The van der Waals surface area contributed by atoms with Crippen LogP contribution in [-0.2, 0) is 0 Å². The molecule has 5 nitrogen and oxygen atoms in total. The second kappa shape index (κ2) is 5.63. The number of carbonyl (C=O) groups excluding carboxylic acids is 1. The largest absolute Gasteiger partial charge is 0.391 e. The normalized spacial score (nSPS) is 25.9. The topological polar surface area (TPSA) is 48.7 Å². The van der Waals surface area contributed by atoms with Crippen molar-refractivity contribution in [2.45, 2.75) is 37.5 Å². The van der Waals surface area contributed by atoms with Gasteiger partial charge < -0.3 is 19.5 Å². The fraction of sp³-hybridized carbons (Fsp3) is 0.667. The Morgan fingerprint density at radius 3 is 2.81 bits per heavy atom. The van der Waals surface area contributed by atoms with Crippen molar-refractivity contribution in [2.75, 3.05) is 27.2 Å². The predicted octanol–water partition coefficient (Wildman–Crippen LogP) is 1.61. The third-order valence-corrected chi connectivity index (χ3v) is 4.41. The van der Waals surface area contributed by atoms with Crippen LogP contribution in [0.2, 0.25) is 5.02 Å². The molecule has 2 fully saturated rings. The number of rotatable bonds is 4. The lowest BCUT2D eigenvalue weighted by atomic mass is 10.2. The zero-order valence-electron chi connectivity index (χ0n) is 12.5. The summed E-state index contributed by atoms with van der Waals surface area (Å²) >= 11 is 6.09. The van der Waals surface area contributed by atoms with Crippen molar-refractivity contribution in [1.29, 1.82) is 0 Å². The molecule has 0 bridgehead atoms.